The van der Waals surface area contributed by atoms with Gasteiger partial charge in [-0.15, -0.1) is 0 Å². The molecule has 2 aromatic rings. The highest BCUT2D eigenvalue weighted by molar-refractivity contribution is 7.84. The van der Waals surface area contributed by atoms with E-state index in [-0.39, 0.29) is 40.1 Å². The minimum Gasteiger partial charge on any atom is -0.444 e. The number of hydrogen-bond acceptors (Lipinski definition) is 8. The van der Waals surface area contributed by atoms with Crippen LogP contribution in [0.2, 0.25) is 0 Å². The molecule has 316 valence electrons. The fraction of sp³-hybridized carbons (Fsp3) is 0.727. The average Bonchev–Trinajstić information content (AvgIpc) is 3.55. The maximum absolute atomic E-state index is 12.7. The zero-order chi connectivity index (χ0) is 42.1. The number of pyridine rings is 2. The Kier molecular flexibility index (Phi) is 16.5. The molecule has 0 bridgehead atoms. The van der Waals surface area contributed by atoms with Crippen LogP contribution in [0.15, 0.2) is 48.8 Å². The Morgan fingerprint density at radius 3 is 1.59 bits per heavy atom. The number of carbonyl (C=O) groups excluding carboxylic acids is 2. The Balaban J connectivity index is 0.000000307. The van der Waals surface area contributed by atoms with E-state index in [1.807, 2.05) is 109 Å². The van der Waals surface area contributed by atoms with Crippen molar-refractivity contribution in [2.75, 3.05) is 13.1 Å². The summed E-state index contributed by atoms with van der Waals surface area (Å²) >= 11 is 0. The van der Waals surface area contributed by atoms with E-state index < -0.39 is 22.2 Å². The van der Waals surface area contributed by atoms with Gasteiger partial charge in [-0.25, -0.2) is 18.5 Å². The van der Waals surface area contributed by atoms with E-state index in [1.54, 1.807) is 12.4 Å². The van der Waals surface area contributed by atoms with Crippen LogP contribution in [0.3, 0.4) is 0 Å². The van der Waals surface area contributed by atoms with Gasteiger partial charge in [-0.2, -0.15) is 0 Å². The summed E-state index contributed by atoms with van der Waals surface area (Å²) in [4.78, 5) is 37.7. The fourth-order valence-electron chi connectivity index (χ4n) is 7.52. The largest absolute Gasteiger partial charge is 0.444 e. The van der Waals surface area contributed by atoms with Crippen molar-refractivity contribution < 1.29 is 23.3 Å². The van der Waals surface area contributed by atoms with Crippen molar-refractivity contribution in [3.05, 3.63) is 60.2 Å². The van der Waals surface area contributed by atoms with Crippen molar-refractivity contribution in [3.63, 3.8) is 0 Å². The molecule has 2 fully saturated rings. The molecule has 12 heteroatoms. The molecule has 4 heterocycles. The molecule has 0 radical (unpaired) electrons. The third kappa shape index (κ3) is 16.0. The second-order valence-electron chi connectivity index (χ2n) is 20.1. The number of carbonyl (C=O) groups is 2. The smallest absolute Gasteiger partial charge is 0.410 e. The first-order valence-corrected chi connectivity index (χ1v) is 21.6. The van der Waals surface area contributed by atoms with Crippen molar-refractivity contribution in [2.45, 2.75) is 180 Å². The molecule has 5 atom stereocenters. The number of likely N-dealkylation sites (tertiary alicyclic amines) is 2. The Bertz CT molecular complexity index is 1550. The van der Waals surface area contributed by atoms with Gasteiger partial charge in [0.05, 0.1) is 15.7 Å². The van der Waals surface area contributed by atoms with Crippen molar-refractivity contribution in [1.82, 2.24) is 24.5 Å². The highest BCUT2D eigenvalue weighted by atomic mass is 32.2. The number of nitrogens with two attached hydrogens (primary N) is 1. The van der Waals surface area contributed by atoms with Crippen LogP contribution in [0, 0.1) is 11.8 Å². The number of ether oxygens (including phenoxy) is 2. The van der Waals surface area contributed by atoms with Crippen LogP contribution < -0.4 is 10.5 Å². The second-order valence-corrected chi connectivity index (χ2v) is 22.1. The third-order valence-electron chi connectivity index (χ3n) is 10.2. The lowest BCUT2D eigenvalue weighted by molar-refractivity contribution is 0.0118. The van der Waals surface area contributed by atoms with E-state index in [0.717, 1.165) is 69.3 Å². The Hall–Kier alpha value is -3.09. The zero-order valence-corrected chi connectivity index (χ0v) is 37.6. The predicted octanol–water partition coefficient (Wildman–Crippen LogP) is 8.63. The summed E-state index contributed by atoms with van der Waals surface area (Å²) in [6.45, 7) is 27.2. The van der Waals surface area contributed by atoms with Crippen LogP contribution in [-0.2, 0) is 33.3 Å². The molecular formula is C44H74N6O5S. The Labute approximate surface area is 341 Å². The summed E-state index contributed by atoms with van der Waals surface area (Å²) in [5.74, 6) is 0.857. The molecule has 4 rings (SSSR count). The third-order valence-corrected chi connectivity index (χ3v) is 11.9. The lowest BCUT2D eigenvalue weighted by Crippen LogP contribution is -2.45. The van der Waals surface area contributed by atoms with Crippen LogP contribution in [0.25, 0.3) is 0 Å². The highest BCUT2D eigenvalue weighted by Crippen LogP contribution is 2.37. The maximum atomic E-state index is 12.7. The number of amides is 2. The SMILES string of the molecule is CC(C)(C)OC(=O)N1C[C@@H](CCC(Cc2ccccn2)NS(=O)C(C)(C)C)CC1(C)C.CC(C)(C)OC(=O)N1C[C@@H](CCC(N)Cc2ccccn2)CC1(C)C. The van der Waals surface area contributed by atoms with Gasteiger partial charge in [-0.3, -0.25) is 9.97 Å². The van der Waals surface area contributed by atoms with Crippen LogP contribution in [-0.4, -0.2) is 88.4 Å². The molecule has 0 aliphatic carbocycles. The molecule has 0 saturated carbocycles. The topological polar surface area (TPSA) is 140 Å². The van der Waals surface area contributed by atoms with E-state index in [4.69, 9.17) is 15.2 Å². The summed E-state index contributed by atoms with van der Waals surface area (Å²) in [7, 11) is -1.15. The molecule has 2 aliphatic rings. The van der Waals surface area contributed by atoms with Crippen molar-refractivity contribution in [1.29, 1.82) is 0 Å². The molecule has 0 aromatic carbocycles. The molecule has 11 nitrogen and oxygen atoms in total. The van der Waals surface area contributed by atoms with Gasteiger partial charge in [0, 0.05) is 72.9 Å². The van der Waals surface area contributed by atoms with E-state index in [0.29, 0.717) is 18.4 Å². The molecule has 2 saturated heterocycles. The van der Waals surface area contributed by atoms with Gasteiger partial charge >= 0.3 is 12.2 Å². The van der Waals surface area contributed by atoms with Gasteiger partial charge in [0.15, 0.2) is 0 Å². The minimum atomic E-state index is -1.15. The molecule has 2 amide bonds. The van der Waals surface area contributed by atoms with Gasteiger partial charge in [0.25, 0.3) is 0 Å². The molecule has 2 aromatic heterocycles. The standard InChI is InChI=1S/C24H41N3O3S.C20H33N3O2/c1-22(2,3)30-21(28)27-17-18(16-24(27,7)8)12-13-20(26-31(29)23(4,5)6)15-19-11-9-10-14-25-19;1-19(2,3)25-18(24)23-14-15(13-20(23,4)5)9-10-16(21)12-17-8-6-7-11-22-17/h9-11,14,18,20,26H,12-13,15-17H2,1-8H3;6-8,11,15-16H,9-10,12-14,21H2,1-5H3/t18-,20?,31?;15-,16?/m00/s1. The van der Waals surface area contributed by atoms with Gasteiger partial charge in [0.2, 0.25) is 0 Å². The van der Waals surface area contributed by atoms with E-state index >= 15 is 0 Å². The Morgan fingerprint density at radius 1 is 0.768 bits per heavy atom. The van der Waals surface area contributed by atoms with Gasteiger partial charge in [-0.1, -0.05) is 12.1 Å². The normalized spacial score (nSPS) is 21.1. The number of aromatic nitrogens is 2. The summed E-state index contributed by atoms with van der Waals surface area (Å²) in [6.07, 6.45) is 10.4. The zero-order valence-electron chi connectivity index (χ0n) is 36.8. The number of nitrogens with zero attached hydrogens (tertiary/aromatic N) is 4. The predicted molar refractivity (Wildman–Crippen MR) is 227 cm³/mol. The summed E-state index contributed by atoms with van der Waals surface area (Å²) in [5, 5.41) is 0. The maximum Gasteiger partial charge on any atom is 0.410 e. The average molecular weight is 799 g/mol. The molecule has 3 unspecified atom stereocenters. The van der Waals surface area contributed by atoms with Crippen molar-refractivity contribution in [2.24, 2.45) is 17.6 Å². The summed E-state index contributed by atoms with van der Waals surface area (Å²) in [6, 6.07) is 12.0. The number of hydrogen-bond donors (Lipinski definition) is 2. The first-order chi connectivity index (χ1) is 25.7. The van der Waals surface area contributed by atoms with Crippen LogP contribution in [0.1, 0.15) is 140 Å². The van der Waals surface area contributed by atoms with Crippen molar-refractivity contribution in [3.8, 4) is 0 Å². The van der Waals surface area contributed by atoms with Crippen LogP contribution in [0.4, 0.5) is 9.59 Å². The summed E-state index contributed by atoms with van der Waals surface area (Å²) < 4.78 is 27.0. The quantitative estimate of drug-likeness (QED) is 0.218. The first-order valence-electron chi connectivity index (χ1n) is 20.5. The van der Waals surface area contributed by atoms with Gasteiger partial charge < -0.3 is 25.0 Å². The van der Waals surface area contributed by atoms with Crippen molar-refractivity contribution >= 4 is 23.2 Å². The Morgan fingerprint density at radius 2 is 1.20 bits per heavy atom. The molecule has 0 spiro atoms. The number of rotatable bonds is 12. The second kappa shape index (κ2) is 19.6. The van der Waals surface area contributed by atoms with Gasteiger partial charge in [0.1, 0.15) is 11.2 Å². The first kappa shape index (κ1) is 47.3. The van der Waals surface area contributed by atoms with E-state index in [2.05, 4.69) is 42.4 Å². The van der Waals surface area contributed by atoms with E-state index in [1.165, 1.54) is 0 Å². The molecule has 3 N–H and O–H groups in total. The number of nitrogens with one attached hydrogen (secondary N) is 1. The summed E-state index contributed by atoms with van der Waals surface area (Å²) in [5.41, 5.74) is 6.95. The molecular weight excluding hydrogens is 725 g/mol. The molecule has 56 heavy (non-hydrogen) atoms. The lowest BCUT2D eigenvalue weighted by atomic mass is 9.91. The fourth-order valence-corrected chi connectivity index (χ4v) is 8.37. The molecule has 2 aliphatic heterocycles. The van der Waals surface area contributed by atoms with Crippen LogP contribution in [0.5, 0.6) is 0 Å². The highest BCUT2D eigenvalue weighted by Gasteiger charge is 2.44. The minimum absolute atomic E-state index is 0.0636. The lowest BCUT2D eigenvalue weighted by Gasteiger charge is -2.33. The monoisotopic (exact) mass is 799 g/mol. The van der Waals surface area contributed by atoms with Crippen LogP contribution >= 0.6 is 0 Å². The van der Waals surface area contributed by atoms with E-state index in [9.17, 15) is 13.8 Å². The van der Waals surface area contributed by atoms with Gasteiger partial charge in [-0.05, 0) is 165 Å².